The lowest BCUT2D eigenvalue weighted by molar-refractivity contribution is 0.388. The van der Waals surface area contributed by atoms with Crippen LogP contribution in [-0.4, -0.2) is 33.9 Å². The minimum atomic E-state index is 0.264. The SMILES string of the molecule is NC(=S)N1CN2C=CC=NC2=N1. The van der Waals surface area contributed by atoms with Gasteiger partial charge in [-0.15, -0.1) is 5.10 Å². The van der Waals surface area contributed by atoms with Crippen molar-refractivity contribution in [2.45, 2.75) is 0 Å². The Bertz CT molecular complexity index is 305. The lowest BCUT2D eigenvalue weighted by Crippen LogP contribution is -2.33. The van der Waals surface area contributed by atoms with Crippen LogP contribution in [0, 0.1) is 0 Å². The highest BCUT2D eigenvalue weighted by Gasteiger charge is 2.22. The van der Waals surface area contributed by atoms with E-state index in [1.165, 1.54) is 5.01 Å². The molecule has 2 N–H and O–H groups in total. The number of allylic oxidation sites excluding steroid dienone is 1. The second kappa shape index (κ2) is 2.56. The van der Waals surface area contributed by atoms with Gasteiger partial charge in [-0.25, -0.2) is 10.0 Å². The van der Waals surface area contributed by atoms with Crippen LogP contribution in [0.3, 0.4) is 0 Å². The summed E-state index contributed by atoms with van der Waals surface area (Å²) in [5.41, 5.74) is 5.40. The molecule has 0 aromatic rings. The molecule has 2 rings (SSSR count). The third-order valence-corrected chi connectivity index (χ3v) is 1.76. The first-order chi connectivity index (χ1) is 5.77. The van der Waals surface area contributed by atoms with E-state index in [9.17, 15) is 0 Å². The van der Waals surface area contributed by atoms with Crippen LogP contribution in [0.25, 0.3) is 0 Å². The Morgan fingerprint density at radius 2 is 2.50 bits per heavy atom. The van der Waals surface area contributed by atoms with Crippen molar-refractivity contribution in [2.75, 3.05) is 6.67 Å². The molecule has 0 saturated carbocycles. The molecule has 0 atom stereocenters. The molecule has 0 bridgehead atoms. The lowest BCUT2D eigenvalue weighted by Gasteiger charge is -2.15. The normalized spacial score (nSPS) is 19.5. The molecule has 6 heteroatoms. The summed E-state index contributed by atoms with van der Waals surface area (Å²) < 4.78 is 0. The van der Waals surface area contributed by atoms with E-state index >= 15 is 0 Å². The number of hydrazone groups is 1. The van der Waals surface area contributed by atoms with Crippen LogP contribution in [0.2, 0.25) is 0 Å². The zero-order chi connectivity index (χ0) is 8.55. The molecule has 2 heterocycles. The molecule has 0 aromatic carbocycles. The third kappa shape index (κ3) is 1.06. The summed E-state index contributed by atoms with van der Waals surface area (Å²) >= 11 is 4.77. The lowest BCUT2D eigenvalue weighted by atomic mass is 10.5. The molecule has 0 unspecified atom stereocenters. The summed E-state index contributed by atoms with van der Waals surface area (Å²) in [5, 5.41) is 5.86. The van der Waals surface area contributed by atoms with Crippen LogP contribution in [0.4, 0.5) is 0 Å². The molecule has 0 radical (unpaired) electrons. The predicted octanol–water partition coefficient (Wildman–Crippen LogP) is -0.326. The smallest absolute Gasteiger partial charge is 0.248 e. The van der Waals surface area contributed by atoms with E-state index in [0.717, 1.165) is 0 Å². The van der Waals surface area contributed by atoms with Crippen molar-refractivity contribution in [3.05, 3.63) is 12.3 Å². The van der Waals surface area contributed by atoms with Gasteiger partial charge in [-0.3, -0.25) is 4.90 Å². The summed E-state index contributed by atoms with van der Waals surface area (Å²) in [4.78, 5) is 5.89. The molecule has 0 aromatic heterocycles. The summed E-state index contributed by atoms with van der Waals surface area (Å²) in [6.45, 7) is 0.554. The Morgan fingerprint density at radius 3 is 3.17 bits per heavy atom. The summed E-state index contributed by atoms with van der Waals surface area (Å²) in [6, 6.07) is 0. The summed E-state index contributed by atoms with van der Waals surface area (Å²) in [7, 11) is 0. The van der Waals surface area contributed by atoms with Crippen molar-refractivity contribution in [2.24, 2.45) is 15.8 Å². The predicted molar refractivity (Wildman–Crippen MR) is 50.4 cm³/mol. The van der Waals surface area contributed by atoms with Gasteiger partial charge in [0.05, 0.1) is 0 Å². The van der Waals surface area contributed by atoms with Crippen molar-refractivity contribution < 1.29 is 0 Å². The zero-order valence-electron chi connectivity index (χ0n) is 6.21. The van der Waals surface area contributed by atoms with E-state index in [4.69, 9.17) is 18.0 Å². The Labute approximate surface area is 74.8 Å². The number of rotatable bonds is 0. The Morgan fingerprint density at radius 1 is 1.67 bits per heavy atom. The van der Waals surface area contributed by atoms with Gasteiger partial charge in [0.15, 0.2) is 5.11 Å². The highest BCUT2D eigenvalue weighted by molar-refractivity contribution is 7.80. The topological polar surface area (TPSA) is 57.2 Å². The van der Waals surface area contributed by atoms with Crippen molar-refractivity contribution in [3.63, 3.8) is 0 Å². The maximum absolute atomic E-state index is 5.40. The Kier molecular flexibility index (Phi) is 1.54. The van der Waals surface area contributed by atoms with Crippen molar-refractivity contribution in [1.29, 1.82) is 0 Å². The fourth-order valence-electron chi connectivity index (χ4n) is 0.989. The van der Waals surface area contributed by atoms with Crippen molar-refractivity contribution in [3.8, 4) is 0 Å². The van der Waals surface area contributed by atoms with Crippen LogP contribution >= 0.6 is 12.2 Å². The molecule has 0 fully saturated rings. The first kappa shape index (κ1) is 7.23. The maximum Gasteiger partial charge on any atom is 0.248 e. The quantitative estimate of drug-likeness (QED) is 0.520. The van der Waals surface area contributed by atoms with E-state index in [1.54, 1.807) is 6.21 Å². The number of thiocarbonyl (C=S) groups is 1. The minimum Gasteiger partial charge on any atom is -0.375 e. The number of aliphatic imine (C=N–C) groups is 1. The molecule has 0 spiro atoms. The van der Waals surface area contributed by atoms with E-state index in [2.05, 4.69) is 10.1 Å². The van der Waals surface area contributed by atoms with E-state index in [-0.39, 0.29) is 5.11 Å². The Hall–Kier alpha value is -1.43. The van der Waals surface area contributed by atoms with Gasteiger partial charge in [0.1, 0.15) is 6.67 Å². The van der Waals surface area contributed by atoms with Gasteiger partial charge in [-0.1, -0.05) is 0 Å². The fourth-order valence-corrected chi connectivity index (χ4v) is 1.09. The van der Waals surface area contributed by atoms with Gasteiger partial charge < -0.3 is 5.73 Å². The third-order valence-electron chi connectivity index (χ3n) is 1.55. The Balaban J connectivity index is 2.23. The van der Waals surface area contributed by atoms with Gasteiger partial charge in [0.25, 0.3) is 0 Å². The van der Waals surface area contributed by atoms with Gasteiger partial charge in [-0.2, -0.15) is 0 Å². The maximum atomic E-state index is 5.40. The molecule has 2 aliphatic heterocycles. The van der Waals surface area contributed by atoms with Gasteiger partial charge in [-0.05, 0) is 18.3 Å². The van der Waals surface area contributed by atoms with E-state index in [1.807, 2.05) is 17.2 Å². The standard InChI is InChI=1S/C6H7N5S/c7-5(12)11-4-10-3-1-2-8-6(10)9-11/h1-3H,4H2,(H2,7,12). The van der Waals surface area contributed by atoms with Crippen molar-refractivity contribution in [1.82, 2.24) is 9.91 Å². The first-order valence-corrected chi connectivity index (χ1v) is 3.81. The van der Waals surface area contributed by atoms with Gasteiger partial charge >= 0.3 is 0 Å². The largest absolute Gasteiger partial charge is 0.375 e. The second-order valence-corrected chi connectivity index (χ2v) is 2.79. The number of hydrogen-bond donors (Lipinski definition) is 1. The average molecular weight is 181 g/mol. The number of hydrogen-bond acceptors (Lipinski definition) is 4. The van der Waals surface area contributed by atoms with Crippen molar-refractivity contribution >= 4 is 29.5 Å². The highest BCUT2D eigenvalue weighted by atomic mass is 32.1. The molecule has 2 aliphatic rings. The van der Waals surface area contributed by atoms with Crippen LogP contribution in [-0.2, 0) is 0 Å². The second-order valence-electron chi connectivity index (χ2n) is 2.37. The molecule has 5 nitrogen and oxygen atoms in total. The molecular weight excluding hydrogens is 174 g/mol. The number of nitrogens with two attached hydrogens (primary N) is 1. The molecule has 62 valence electrons. The molecule has 12 heavy (non-hydrogen) atoms. The summed E-state index contributed by atoms with van der Waals surface area (Å²) in [6.07, 6.45) is 5.39. The number of guanidine groups is 1. The minimum absolute atomic E-state index is 0.264. The summed E-state index contributed by atoms with van der Waals surface area (Å²) in [5.74, 6) is 0.630. The number of nitrogens with zero attached hydrogens (tertiary/aromatic N) is 4. The van der Waals surface area contributed by atoms with Crippen LogP contribution in [0.5, 0.6) is 0 Å². The van der Waals surface area contributed by atoms with Gasteiger partial charge in [0, 0.05) is 12.4 Å². The first-order valence-electron chi connectivity index (χ1n) is 3.40. The molecule has 0 saturated heterocycles. The van der Waals surface area contributed by atoms with Crippen LogP contribution in [0.15, 0.2) is 22.4 Å². The number of fused-ring (bicyclic) bond motifs is 1. The highest BCUT2D eigenvalue weighted by Crippen LogP contribution is 2.10. The molecule has 0 aliphatic carbocycles. The monoisotopic (exact) mass is 181 g/mol. The fraction of sp³-hybridized carbons (Fsp3) is 0.167. The zero-order valence-corrected chi connectivity index (χ0v) is 7.03. The van der Waals surface area contributed by atoms with E-state index in [0.29, 0.717) is 12.6 Å². The van der Waals surface area contributed by atoms with Crippen LogP contribution in [0.1, 0.15) is 0 Å². The van der Waals surface area contributed by atoms with E-state index < -0.39 is 0 Å². The average Bonchev–Trinajstić information content (AvgIpc) is 2.46. The van der Waals surface area contributed by atoms with Crippen LogP contribution < -0.4 is 5.73 Å². The molecular formula is C6H7N5S. The molecule has 0 amide bonds. The van der Waals surface area contributed by atoms with Gasteiger partial charge in [0.2, 0.25) is 5.96 Å².